The molecule has 0 saturated carbocycles. The maximum Gasteiger partial charge on any atom is 0.166 e. The second kappa shape index (κ2) is 16.0. The summed E-state index contributed by atoms with van der Waals surface area (Å²) in [4.78, 5) is 15.4. The normalized spacial score (nSPS) is 11.8. The smallest absolute Gasteiger partial charge is 0.166 e. The van der Waals surface area contributed by atoms with Crippen LogP contribution in [-0.2, 0) is 0 Å². The SMILES string of the molecule is Fc1ccc(-c2ccc(-c3nc(-c4ccccc4)nc(-c4ccccc4)n3)c(-n3c4ccc(-n5c6ccccc6c6ccccc65)cc4c4cc(-n5c6ccccc6c6ccccc65)ccc43)c2)c(F)c1. The van der Waals surface area contributed by atoms with E-state index < -0.39 is 11.6 Å². The minimum atomic E-state index is -0.657. The molecule has 0 atom stereocenters. The lowest BCUT2D eigenvalue weighted by molar-refractivity contribution is 0.585. The van der Waals surface area contributed by atoms with Crippen molar-refractivity contribution in [2.24, 2.45) is 0 Å². The van der Waals surface area contributed by atoms with Gasteiger partial charge >= 0.3 is 0 Å². The highest BCUT2D eigenvalue weighted by Crippen LogP contribution is 2.42. The molecule has 334 valence electrons. The van der Waals surface area contributed by atoms with Gasteiger partial charge in [0.05, 0.1) is 38.8 Å². The molecule has 0 bridgehead atoms. The molecular weight excluding hydrogens is 879 g/mol. The van der Waals surface area contributed by atoms with Crippen LogP contribution in [0.4, 0.5) is 8.78 Å². The number of hydrogen-bond donors (Lipinski definition) is 0. The molecule has 14 rings (SSSR count). The average Bonchev–Trinajstić information content (AvgIpc) is 4.06. The lowest BCUT2D eigenvalue weighted by atomic mass is 10.0. The molecule has 0 saturated heterocycles. The number of rotatable bonds is 7. The van der Waals surface area contributed by atoms with Crippen molar-refractivity contribution in [1.82, 2.24) is 28.7 Å². The van der Waals surface area contributed by atoms with Crippen LogP contribution in [0.2, 0.25) is 0 Å². The molecule has 6 nitrogen and oxygen atoms in total. The summed E-state index contributed by atoms with van der Waals surface area (Å²) >= 11 is 0. The second-order valence-electron chi connectivity index (χ2n) is 17.9. The summed E-state index contributed by atoms with van der Waals surface area (Å²) < 4.78 is 37.4. The van der Waals surface area contributed by atoms with Gasteiger partial charge in [-0.2, -0.15) is 0 Å². The van der Waals surface area contributed by atoms with E-state index >= 15 is 4.39 Å². The molecule has 71 heavy (non-hydrogen) atoms. The van der Waals surface area contributed by atoms with Crippen molar-refractivity contribution in [1.29, 1.82) is 0 Å². The van der Waals surface area contributed by atoms with Crippen LogP contribution in [0, 0.1) is 11.6 Å². The molecule has 0 aliphatic carbocycles. The molecule has 4 aromatic heterocycles. The van der Waals surface area contributed by atoms with E-state index in [2.05, 4.69) is 147 Å². The molecule has 4 heterocycles. The van der Waals surface area contributed by atoms with Crippen molar-refractivity contribution >= 4 is 65.4 Å². The first kappa shape index (κ1) is 40.5. The fourth-order valence-electron chi connectivity index (χ4n) is 10.7. The fraction of sp³-hybridized carbons (Fsp3) is 0. The van der Waals surface area contributed by atoms with Gasteiger partial charge in [-0.3, -0.25) is 0 Å². The molecule has 0 fully saturated rings. The third-order valence-corrected chi connectivity index (χ3v) is 13.8. The molecule has 0 amide bonds. The topological polar surface area (TPSA) is 53.5 Å². The van der Waals surface area contributed by atoms with E-state index in [-0.39, 0.29) is 5.56 Å². The number of aromatic nitrogens is 6. The van der Waals surface area contributed by atoms with Gasteiger partial charge in [0.1, 0.15) is 11.6 Å². The summed E-state index contributed by atoms with van der Waals surface area (Å²) in [5, 5.41) is 6.73. The van der Waals surface area contributed by atoms with Crippen LogP contribution >= 0.6 is 0 Å². The molecular formula is C63H38F2N6. The van der Waals surface area contributed by atoms with Crippen LogP contribution in [0.5, 0.6) is 0 Å². The van der Waals surface area contributed by atoms with E-state index in [1.807, 2.05) is 78.9 Å². The first-order valence-electron chi connectivity index (χ1n) is 23.6. The van der Waals surface area contributed by atoms with Gasteiger partial charge in [0.25, 0.3) is 0 Å². The number of fused-ring (bicyclic) bond motifs is 9. The van der Waals surface area contributed by atoms with E-state index in [1.165, 1.54) is 33.7 Å². The first-order valence-corrected chi connectivity index (χ1v) is 23.6. The van der Waals surface area contributed by atoms with Gasteiger partial charge in [0.2, 0.25) is 0 Å². The molecule has 0 unspecified atom stereocenters. The summed E-state index contributed by atoms with van der Waals surface area (Å²) in [6.45, 7) is 0. The lowest BCUT2D eigenvalue weighted by Crippen LogP contribution is -2.04. The van der Waals surface area contributed by atoms with Crippen molar-refractivity contribution in [3.8, 4) is 62.4 Å². The zero-order chi connectivity index (χ0) is 47.2. The Morgan fingerprint density at radius 3 is 1.15 bits per heavy atom. The maximum atomic E-state index is 15.9. The van der Waals surface area contributed by atoms with Crippen LogP contribution in [-0.4, -0.2) is 28.7 Å². The Morgan fingerprint density at radius 1 is 0.282 bits per heavy atom. The Morgan fingerprint density at radius 2 is 0.690 bits per heavy atom. The summed E-state index contributed by atoms with van der Waals surface area (Å²) in [5.41, 5.74) is 12.2. The van der Waals surface area contributed by atoms with Crippen LogP contribution < -0.4 is 0 Å². The number of para-hydroxylation sites is 4. The van der Waals surface area contributed by atoms with E-state index in [4.69, 9.17) is 15.0 Å². The van der Waals surface area contributed by atoms with Gasteiger partial charge in [-0.15, -0.1) is 0 Å². The summed E-state index contributed by atoms with van der Waals surface area (Å²) in [5.74, 6) is 0.176. The van der Waals surface area contributed by atoms with Gasteiger partial charge in [-0.05, 0) is 90.5 Å². The van der Waals surface area contributed by atoms with Crippen molar-refractivity contribution in [3.63, 3.8) is 0 Å². The minimum absolute atomic E-state index is 0.271. The Hall–Kier alpha value is -9.53. The van der Waals surface area contributed by atoms with Gasteiger partial charge < -0.3 is 13.7 Å². The minimum Gasteiger partial charge on any atom is -0.309 e. The molecule has 0 aliphatic rings. The highest BCUT2D eigenvalue weighted by Gasteiger charge is 2.23. The summed E-state index contributed by atoms with van der Waals surface area (Å²) in [7, 11) is 0. The van der Waals surface area contributed by atoms with E-state index in [1.54, 1.807) is 0 Å². The number of nitrogens with zero attached hydrogens (tertiary/aromatic N) is 6. The number of halogens is 2. The van der Waals surface area contributed by atoms with E-state index in [9.17, 15) is 4.39 Å². The number of benzene rings is 10. The third-order valence-electron chi connectivity index (χ3n) is 13.8. The predicted octanol–water partition coefficient (Wildman–Crippen LogP) is 16.1. The zero-order valence-electron chi connectivity index (χ0n) is 37.9. The highest BCUT2D eigenvalue weighted by molar-refractivity contribution is 6.14. The molecule has 10 aromatic carbocycles. The average molecular weight is 917 g/mol. The Balaban J connectivity index is 1.09. The predicted molar refractivity (Wildman–Crippen MR) is 285 cm³/mol. The zero-order valence-corrected chi connectivity index (χ0v) is 37.9. The Kier molecular flexibility index (Phi) is 9.16. The molecule has 14 aromatic rings. The molecule has 0 radical (unpaired) electrons. The standard InChI is InChI=1S/C63H38F2N6/c64-42-28-32-45(53(65)36-42)41-27-31-50(63-67-61(39-15-3-1-4-16-39)66-62(68-63)40-17-5-2-6-18-40)60(35-41)71-58-33-29-43(69-54-23-11-7-19-46(54)47-20-8-12-24-55(47)69)37-51(58)52-38-44(30-34-59(52)71)70-56-25-13-9-21-48(56)49-22-10-14-26-57(49)70/h1-38H. The maximum absolute atomic E-state index is 15.9. The molecule has 8 heteroatoms. The van der Waals surface area contributed by atoms with Gasteiger partial charge in [0.15, 0.2) is 17.5 Å². The van der Waals surface area contributed by atoms with Crippen LogP contribution in [0.3, 0.4) is 0 Å². The fourth-order valence-corrected chi connectivity index (χ4v) is 10.7. The van der Waals surface area contributed by atoms with Crippen molar-refractivity contribution < 1.29 is 8.78 Å². The Labute approximate surface area is 405 Å². The van der Waals surface area contributed by atoms with Crippen LogP contribution in [0.1, 0.15) is 0 Å². The van der Waals surface area contributed by atoms with Gasteiger partial charge in [-0.1, -0.05) is 140 Å². The molecule has 0 N–H and O–H groups in total. The van der Waals surface area contributed by atoms with Gasteiger partial charge in [-0.25, -0.2) is 23.7 Å². The largest absolute Gasteiger partial charge is 0.309 e. The van der Waals surface area contributed by atoms with E-state index in [0.717, 1.165) is 72.4 Å². The molecule has 0 aliphatic heterocycles. The van der Waals surface area contributed by atoms with Crippen molar-refractivity contribution in [3.05, 3.63) is 242 Å². The first-order chi connectivity index (χ1) is 35.0. The Bertz CT molecular complexity index is 4100. The van der Waals surface area contributed by atoms with Crippen molar-refractivity contribution in [2.45, 2.75) is 0 Å². The van der Waals surface area contributed by atoms with Crippen LogP contribution in [0.15, 0.2) is 231 Å². The van der Waals surface area contributed by atoms with E-state index in [0.29, 0.717) is 34.3 Å². The second-order valence-corrected chi connectivity index (χ2v) is 17.9. The third kappa shape index (κ3) is 6.49. The van der Waals surface area contributed by atoms with Crippen LogP contribution in [0.25, 0.3) is 128 Å². The number of hydrogen-bond acceptors (Lipinski definition) is 3. The van der Waals surface area contributed by atoms with Gasteiger partial charge in [0, 0.05) is 72.0 Å². The molecule has 0 spiro atoms. The van der Waals surface area contributed by atoms with Crippen molar-refractivity contribution in [2.75, 3.05) is 0 Å². The lowest BCUT2D eigenvalue weighted by Gasteiger charge is -2.17. The summed E-state index contributed by atoms with van der Waals surface area (Å²) in [6, 6.07) is 76.7. The quantitative estimate of drug-likeness (QED) is 0.160. The monoisotopic (exact) mass is 916 g/mol. The summed E-state index contributed by atoms with van der Waals surface area (Å²) in [6.07, 6.45) is 0. The highest BCUT2D eigenvalue weighted by atomic mass is 19.1.